The Kier molecular flexibility index (Phi) is 11.5. The van der Waals surface area contributed by atoms with Crippen molar-refractivity contribution in [2.75, 3.05) is 18.9 Å². The lowest BCUT2D eigenvalue weighted by atomic mass is 10.1. The molecule has 6 heterocycles. The molecule has 0 saturated carbocycles. The molecule has 3 unspecified atom stereocenters. The molecule has 0 radical (unpaired) electrons. The van der Waals surface area contributed by atoms with E-state index in [1.807, 2.05) is 0 Å². The van der Waals surface area contributed by atoms with Crippen LogP contribution in [0.2, 0.25) is 0 Å². The molecule has 2 aromatic carbocycles. The standard InChI is InChI=1S/C33H33F2N7O14P2S/c34-23-20-11-51-58(49,59-13-16-1-7-19(8-2-16)52-32(45)17-3-5-18(43)6-4-17)56-26-21(54-30(24(26)35)41-10-9-22(44)40-33(41)46)12-50-57(47,48)55-27(23)31(53-20)42-15-39-25-28(36)37-14-38-29(25)42/h1-10,14-15,20-24,26-27,30-31,43-44H,11-13H2,(H,40,46)(H,47,48)(H2,36,37,38)/t20-,21-,22?,23-,24-,26-,27-,30-,31-,58?/m1/s1. The number of halogens is 2. The minimum absolute atomic E-state index is 0.0247. The van der Waals surface area contributed by atoms with Gasteiger partial charge in [0.25, 0.3) is 0 Å². The van der Waals surface area contributed by atoms with Gasteiger partial charge in [-0.05, 0) is 59.4 Å². The number of esters is 1. The number of phosphoric ester groups is 1. The number of ether oxygens (including phenoxy) is 3. The SMILES string of the molecule is Nc1ncnc2c1ncn2[C@@H]1O[C@@H]2COP(=O)(SCc3ccc(OC(=O)c4ccc(O)cc4)cc3)O[C@H]3[C@@H](F)[C@H](N4C=CC(O)NC4=O)O[C@@H]3COP(=O)(O)O[C@@H]1[C@@H]2F. The maximum Gasteiger partial charge on any atom is 0.472 e. The summed E-state index contributed by atoms with van der Waals surface area (Å²) < 4.78 is 101. The number of nitrogens with two attached hydrogens (primary N) is 1. The van der Waals surface area contributed by atoms with Crippen molar-refractivity contribution in [3.05, 3.63) is 84.6 Å². The van der Waals surface area contributed by atoms with Gasteiger partial charge in [-0.2, -0.15) is 0 Å². The number of benzene rings is 2. The molecular weight excluding hydrogens is 850 g/mol. The molecule has 314 valence electrons. The van der Waals surface area contributed by atoms with Gasteiger partial charge in [0, 0.05) is 12.0 Å². The van der Waals surface area contributed by atoms with Crippen molar-refractivity contribution in [1.29, 1.82) is 0 Å². The van der Waals surface area contributed by atoms with Crippen LogP contribution in [0.5, 0.6) is 11.5 Å². The van der Waals surface area contributed by atoms with Crippen LogP contribution in [0.25, 0.3) is 11.2 Å². The normalized spacial score (nSPS) is 33.7. The van der Waals surface area contributed by atoms with Crippen molar-refractivity contribution in [1.82, 2.24) is 29.7 Å². The average Bonchev–Trinajstić information content (AvgIpc) is 3.86. The van der Waals surface area contributed by atoms with Gasteiger partial charge in [0.2, 0.25) is 0 Å². The molecule has 3 fully saturated rings. The van der Waals surface area contributed by atoms with Crippen LogP contribution in [0.15, 0.2) is 73.5 Å². The minimum Gasteiger partial charge on any atom is -0.508 e. The molecule has 2 amide bonds. The number of aromatic nitrogens is 4. The molecule has 0 aliphatic carbocycles. The molecule has 2 aromatic heterocycles. The van der Waals surface area contributed by atoms with Crippen LogP contribution in [0, 0.1) is 0 Å². The number of urea groups is 1. The maximum atomic E-state index is 16.4. The number of nitrogens with one attached hydrogen (secondary N) is 1. The molecule has 4 aliphatic heterocycles. The molecule has 4 aromatic rings. The van der Waals surface area contributed by atoms with E-state index in [2.05, 4.69) is 20.3 Å². The molecule has 3 saturated heterocycles. The highest BCUT2D eigenvalue weighted by Crippen LogP contribution is 2.64. The number of phosphoric acid groups is 1. The number of nitrogens with zero attached hydrogens (tertiary/aromatic N) is 5. The quantitative estimate of drug-likeness (QED) is 0.101. The Balaban J connectivity index is 1.07. The second-order valence-electron chi connectivity index (χ2n) is 13.2. The average molecular weight is 884 g/mol. The Labute approximate surface area is 335 Å². The second-order valence-corrected chi connectivity index (χ2v) is 18.7. The summed E-state index contributed by atoms with van der Waals surface area (Å²) in [5.74, 6) is -0.740. The molecular formula is C33H33F2N7O14P2S. The van der Waals surface area contributed by atoms with E-state index < -0.39 is 95.3 Å². The fourth-order valence-corrected chi connectivity index (χ4v) is 10.7. The van der Waals surface area contributed by atoms with Gasteiger partial charge >= 0.3 is 26.6 Å². The Hall–Kier alpha value is -4.58. The molecule has 8 rings (SSSR count). The number of amides is 2. The monoisotopic (exact) mass is 883 g/mol. The number of phenols is 1. The van der Waals surface area contributed by atoms with Crippen molar-refractivity contribution in [3.63, 3.8) is 0 Å². The summed E-state index contributed by atoms with van der Waals surface area (Å²) in [5.41, 5.74) is 6.73. The van der Waals surface area contributed by atoms with Crippen LogP contribution in [0.4, 0.5) is 19.4 Å². The third-order valence-electron chi connectivity index (χ3n) is 9.33. The number of alkyl halides is 2. The van der Waals surface area contributed by atoms with Gasteiger partial charge in [-0.15, -0.1) is 0 Å². The highest BCUT2D eigenvalue weighted by atomic mass is 32.7. The van der Waals surface area contributed by atoms with E-state index in [-0.39, 0.29) is 39.8 Å². The Morgan fingerprint density at radius 3 is 2.44 bits per heavy atom. The van der Waals surface area contributed by atoms with E-state index in [1.54, 1.807) is 0 Å². The van der Waals surface area contributed by atoms with Crippen molar-refractivity contribution in [2.24, 2.45) is 0 Å². The molecule has 21 nitrogen and oxygen atoms in total. The number of aromatic hydroxyl groups is 1. The number of nitrogen functional groups attached to an aromatic ring is 1. The number of fused-ring (bicyclic) bond motifs is 4. The first kappa shape index (κ1) is 41.2. The number of imidazole rings is 1. The lowest BCUT2D eigenvalue weighted by Crippen LogP contribution is -2.52. The lowest BCUT2D eigenvalue weighted by molar-refractivity contribution is -0.0689. The van der Waals surface area contributed by atoms with E-state index in [4.69, 9.17) is 38.0 Å². The third-order valence-corrected chi connectivity index (χ3v) is 14.0. The molecule has 26 heteroatoms. The molecule has 0 spiro atoms. The molecule has 6 N–H and O–H groups in total. The van der Waals surface area contributed by atoms with Crippen molar-refractivity contribution < 1.29 is 74.9 Å². The topological polar surface area (TPSA) is 278 Å². The highest BCUT2D eigenvalue weighted by Gasteiger charge is 2.56. The lowest BCUT2D eigenvalue weighted by Gasteiger charge is -2.30. The molecule has 2 bridgehead atoms. The van der Waals surface area contributed by atoms with Crippen molar-refractivity contribution >= 4 is 55.0 Å². The number of phenolic OH excluding ortho intramolecular Hbond substituents is 1. The molecule has 4 aliphatic rings. The predicted molar refractivity (Wildman–Crippen MR) is 197 cm³/mol. The smallest absolute Gasteiger partial charge is 0.472 e. The van der Waals surface area contributed by atoms with Crippen molar-refractivity contribution in [3.8, 4) is 11.5 Å². The first-order valence-electron chi connectivity index (χ1n) is 17.5. The van der Waals surface area contributed by atoms with Gasteiger partial charge in [-0.3, -0.25) is 27.6 Å². The van der Waals surface area contributed by atoms with Crippen LogP contribution in [-0.2, 0) is 42.5 Å². The number of anilines is 1. The van der Waals surface area contributed by atoms with Crippen LogP contribution in [0.1, 0.15) is 22.1 Å². The first-order chi connectivity index (χ1) is 28.2. The number of carbonyl (C=O) groups is 2. The number of hydrogen-bond donors (Lipinski definition) is 5. The number of aliphatic hydroxyl groups is 1. The Bertz CT molecular complexity index is 2350. The largest absolute Gasteiger partial charge is 0.508 e. The summed E-state index contributed by atoms with van der Waals surface area (Å²) in [5, 5.41) is 21.4. The second kappa shape index (κ2) is 16.5. The maximum absolute atomic E-state index is 16.4. The minimum atomic E-state index is -5.27. The van der Waals surface area contributed by atoms with Crippen LogP contribution in [0.3, 0.4) is 0 Å². The highest BCUT2D eigenvalue weighted by molar-refractivity contribution is 8.54. The number of carbonyl (C=O) groups excluding carboxylic acids is 2. The Morgan fingerprint density at radius 2 is 1.69 bits per heavy atom. The van der Waals surface area contributed by atoms with Crippen LogP contribution < -0.4 is 15.8 Å². The first-order valence-corrected chi connectivity index (χ1v) is 22.1. The van der Waals surface area contributed by atoms with Gasteiger partial charge in [0.05, 0.1) is 25.1 Å². The van der Waals surface area contributed by atoms with Crippen LogP contribution >= 0.6 is 26.0 Å². The molecule has 59 heavy (non-hydrogen) atoms. The zero-order chi connectivity index (χ0) is 41.6. The predicted octanol–water partition coefficient (Wildman–Crippen LogP) is 3.45. The summed E-state index contributed by atoms with van der Waals surface area (Å²) >= 11 is 0.562. The van der Waals surface area contributed by atoms with Crippen molar-refractivity contribution in [2.45, 2.75) is 61.2 Å². The number of aliphatic hydroxyl groups excluding tert-OH is 1. The fraction of sp³-hybridized carbons (Fsp3) is 0.364. The van der Waals surface area contributed by atoms with E-state index in [1.165, 1.54) is 59.4 Å². The number of rotatable bonds is 7. The fourth-order valence-electron chi connectivity index (χ4n) is 6.43. The van der Waals surface area contributed by atoms with Gasteiger partial charge in [0.15, 0.2) is 36.3 Å². The number of hydrogen-bond acceptors (Lipinski definition) is 18. The summed E-state index contributed by atoms with van der Waals surface area (Å²) in [6.45, 7) is -6.46. The van der Waals surface area contributed by atoms with E-state index >= 15 is 8.78 Å². The van der Waals surface area contributed by atoms with Gasteiger partial charge in [-0.1, -0.05) is 12.1 Å². The summed E-state index contributed by atoms with van der Waals surface area (Å²) in [6.07, 6.45) is -11.9. The van der Waals surface area contributed by atoms with Gasteiger partial charge in [0.1, 0.15) is 54.0 Å². The van der Waals surface area contributed by atoms with E-state index in [9.17, 15) is 33.8 Å². The Morgan fingerprint density at radius 1 is 0.966 bits per heavy atom. The molecule has 11 atom stereocenters. The zero-order valence-electron chi connectivity index (χ0n) is 30.0. The summed E-state index contributed by atoms with van der Waals surface area (Å²) in [4.78, 5) is 49.0. The summed E-state index contributed by atoms with van der Waals surface area (Å²) in [7, 11) is -5.27. The van der Waals surface area contributed by atoms with Crippen LogP contribution in [-0.4, -0.2) is 114 Å². The van der Waals surface area contributed by atoms with Gasteiger partial charge in [-0.25, -0.2) is 42.5 Å². The third kappa shape index (κ3) is 8.70. The zero-order valence-corrected chi connectivity index (χ0v) is 32.6. The van der Waals surface area contributed by atoms with E-state index in [0.717, 1.165) is 23.5 Å². The van der Waals surface area contributed by atoms with Gasteiger partial charge < -0.3 is 40.4 Å². The van der Waals surface area contributed by atoms with E-state index in [0.29, 0.717) is 16.9 Å². The summed E-state index contributed by atoms with van der Waals surface area (Å²) in [6, 6.07) is 10.4.